The highest BCUT2D eigenvalue weighted by Gasteiger charge is 2.19. The molecule has 0 fully saturated rings. The van der Waals surface area contributed by atoms with Crippen molar-refractivity contribution in [1.29, 1.82) is 0 Å². The zero-order valence-electron chi connectivity index (χ0n) is 10.4. The van der Waals surface area contributed by atoms with Crippen LogP contribution in [0.3, 0.4) is 0 Å². The van der Waals surface area contributed by atoms with Crippen molar-refractivity contribution in [3.63, 3.8) is 0 Å². The second-order valence-corrected chi connectivity index (χ2v) is 4.77. The van der Waals surface area contributed by atoms with Crippen molar-refractivity contribution in [1.82, 2.24) is 0 Å². The molecule has 0 N–H and O–H groups in total. The number of hydrogen-bond acceptors (Lipinski definition) is 2. The first kappa shape index (κ1) is 11.6. The number of aldehydes is 1. The van der Waals surface area contributed by atoms with Crippen molar-refractivity contribution in [2.75, 3.05) is 7.11 Å². The van der Waals surface area contributed by atoms with Gasteiger partial charge in [0.25, 0.3) is 0 Å². The summed E-state index contributed by atoms with van der Waals surface area (Å²) in [5.74, 6) is 0.847. The average molecular weight is 228 g/mol. The molecule has 0 bridgehead atoms. The van der Waals surface area contributed by atoms with Crippen molar-refractivity contribution in [2.45, 2.75) is 19.3 Å². The zero-order chi connectivity index (χ0) is 12.5. The predicted octanol–water partition coefficient (Wildman–Crippen LogP) is 3.32. The van der Waals surface area contributed by atoms with Gasteiger partial charge in [0.05, 0.1) is 7.11 Å². The van der Waals surface area contributed by atoms with Crippen LogP contribution >= 0.6 is 0 Å². The van der Waals surface area contributed by atoms with Gasteiger partial charge in [-0.25, -0.2) is 0 Å². The molecule has 0 aliphatic carbocycles. The number of rotatable bonds is 3. The standard InChI is InChI=1S/C15H16O2/c1-15(2,10-16)13-6-4-12-9-14(17-3)7-5-11(12)8-13/h4-10H,1-3H3. The second-order valence-electron chi connectivity index (χ2n) is 4.77. The van der Waals surface area contributed by atoms with Gasteiger partial charge in [0.15, 0.2) is 0 Å². The monoisotopic (exact) mass is 228 g/mol. The zero-order valence-corrected chi connectivity index (χ0v) is 10.4. The van der Waals surface area contributed by atoms with Crippen LogP contribution in [-0.4, -0.2) is 13.4 Å². The molecule has 2 aromatic carbocycles. The van der Waals surface area contributed by atoms with Gasteiger partial charge in [-0.05, 0) is 42.3 Å². The summed E-state index contributed by atoms with van der Waals surface area (Å²) in [6, 6.07) is 12.0. The molecule has 0 atom stereocenters. The molecule has 0 saturated carbocycles. The number of fused-ring (bicyclic) bond motifs is 1. The SMILES string of the molecule is COc1ccc2cc(C(C)(C)C=O)ccc2c1. The topological polar surface area (TPSA) is 26.3 Å². The van der Waals surface area contributed by atoms with Crippen LogP contribution in [0.15, 0.2) is 36.4 Å². The first-order chi connectivity index (χ1) is 8.06. The quantitative estimate of drug-likeness (QED) is 0.753. The van der Waals surface area contributed by atoms with Crippen LogP contribution in [0.2, 0.25) is 0 Å². The first-order valence-corrected chi connectivity index (χ1v) is 5.61. The number of hydrogen-bond donors (Lipinski definition) is 0. The van der Waals surface area contributed by atoms with Gasteiger partial charge in [0, 0.05) is 5.41 Å². The lowest BCUT2D eigenvalue weighted by Crippen LogP contribution is -2.18. The second kappa shape index (κ2) is 4.21. The Morgan fingerprint density at radius 2 is 1.71 bits per heavy atom. The fraction of sp³-hybridized carbons (Fsp3) is 0.267. The van der Waals surface area contributed by atoms with Crippen LogP contribution in [0.4, 0.5) is 0 Å². The summed E-state index contributed by atoms with van der Waals surface area (Å²) >= 11 is 0. The van der Waals surface area contributed by atoms with Crippen LogP contribution in [-0.2, 0) is 10.2 Å². The highest BCUT2D eigenvalue weighted by molar-refractivity contribution is 5.85. The molecule has 2 nitrogen and oxygen atoms in total. The maximum absolute atomic E-state index is 11.0. The molecule has 88 valence electrons. The smallest absolute Gasteiger partial charge is 0.129 e. The minimum absolute atomic E-state index is 0.436. The van der Waals surface area contributed by atoms with Gasteiger partial charge < -0.3 is 9.53 Å². The maximum atomic E-state index is 11.0. The van der Waals surface area contributed by atoms with Gasteiger partial charge in [-0.15, -0.1) is 0 Å². The Kier molecular flexibility index (Phi) is 2.88. The Hall–Kier alpha value is -1.83. The Morgan fingerprint density at radius 1 is 1.06 bits per heavy atom. The number of carbonyl (C=O) groups excluding carboxylic acids is 1. The van der Waals surface area contributed by atoms with Gasteiger partial charge in [0.1, 0.15) is 12.0 Å². The molecule has 0 aliphatic heterocycles. The van der Waals surface area contributed by atoms with Crippen molar-refractivity contribution in [2.24, 2.45) is 0 Å². The lowest BCUT2D eigenvalue weighted by Gasteiger charge is -2.18. The molecular weight excluding hydrogens is 212 g/mol. The van der Waals surface area contributed by atoms with Crippen LogP contribution in [0, 0.1) is 0 Å². The molecule has 2 aromatic rings. The minimum Gasteiger partial charge on any atom is -0.497 e. The van der Waals surface area contributed by atoms with Crippen LogP contribution in [0.5, 0.6) is 5.75 Å². The number of benzene rings is 2. The van der Waals surface area contributed by atoms with E-state index in [1.165, 1.54) is 0 Å². The van der Waals surface area contributed by atoms with Crippen molar-refractivity contribution < 1.29 is 9.53 Å². The Bertz CT molecular complexity index is 556. The summed E-state index contributed by atoms with van der Waals surface area (Å²) in [5.41, 5.74) is 0.596. The first-order valence-electron chi connectivity index (χ1n) is 5.61. The third-order valence-corrected chi connectivity index (χ3v) is 3.09. The Balaban J connectivity index is 2.56. The van der Waals surface area contributed by atoms with E-state index in [0.717, 1.165) is 28.4 Å². The van der Waals surface area contributed by atoms with Crippen molar-refractivity contribution in [3.05, 3.63) is 42.0 Å². The van der Waals surface area contributed by atoms with E-state index in [4.69, 9.17) is 4.74 Å². The van der Waals surface area contributed by atoms with Crippen molar-refractivity contribution in [3.8, 4) is 5.75 Å². The van der Waals surface area contributed by atoms with Gasteiger partial charge in [0.2, 0.25) is 0 Å². The van der Waals surface area contributed by atoms with E-state index >= 15 is 0 Å². The number of carbonyl (C=O) groups is 1. The largest absolute Gasteiger partial charge is 0.497 e. The van der Waals surface area contributed by atoms with E-state index in [1.54, 1.807) is 7.11 Å². The van der Waals surface area contributed by atoms with E-state index < -0.39 is 5.41 Å². The molecular formula is C15H16O2. The third kappa shape index (κ3) is 2.16. The third-order valence-electron chi connectivity index (χ3n) is 3.09. The van der Waals surface area contributed by atoms with Crippen LogP contribution in [0.25, 0.3) is 10.8 Å². The predicted molar refractivity (Wildman–Crippen MR) is 69.6 cm³/mol. The molecule has 17 heavy (non-hydrogen) atoms. The fourth-order valence-electron chi connectivity index (χ4n) is 1.82. The molecule has 0 saturated heterocycles. The minimum atomic E-state index is -0.436. The molecule has 0 radical (unpaired) electrons. The summed E-state index contributed by atoms with van der Waals surface area (Å²) < 4.78 is 5.18. The number of methoxy groups -OCH3 is 1. The molecule has 0 aliphatic rings. The fourth-order valence-corrected chi connectivity index (χ4v) is 1.82. The van der Waals surface area contributed by atoms with Crippen LogP contribution < -0.4 is 4.74 Å². The Labute approximate surface area is 101 Å². The lowest BCUT2D eigenvalue weighted by atomic mass is 9.85. The van der Waals surface area contributed by atoms with Crippen molar-refractivity contribution >= 4 is 17.1 Å². The molecule has 2 rings (SSSR count). The molecule has 0 unspecified atom stereocenters. The summed E-state index contributed by atoms with van der Waals surface area (Å²) in [5, 5.41) is 2.24. The average Bonchev–Trinajstić information content (AvgIpc) is 2.37. The maximum Gasteiger partial charge on any atom is 0.129 e. The summed E-state index contributed by atoms with van der Waals surface area (Å²) in [4.78, 5) is 11.0. The summed E-state index contributed by atoms with van der Waals surface area (Å²) in [7, 11) is 1.66. The van der Waals surface area contributed by atoms with E-state index in [0.29, 0.717) is 0 Å². The molecule has 0 amide bonds. The molecule has 0 aromatic heterocycles. The molecule has 2 heteroatoms. The van der Waals surface area contributed by atoms with E-state index in [9.17, 15) is 4.79 Å². The van der Waals surface area contributed by atoms with E-state index in [1.807, 2.05) is 44.2 Å². The van der Waals surface area contributed by atoms with Gasteiger partial charge >= 0.3 is 0 Å². The van der Waals surface area contributed by atoms with Crippen LogP contribution in [0.1, 0.15) is 19.4 Å². The lowest BCUT2D eigenvalue weighted by molar-refractivity contribution is -0.111. The highest BCUT2D eigenvalue weighted by atomic mass is 16.5. The van der Waals surface area contributed by atoms with Gasteiger partial charge in [-0.3, -0.25) is 0 Å². The van der Waals surface area contributed by atoms with E-state index in [2.05, 4.69) is 6.07 Å². The van der Waals surface area contributed by atoms with E-state index in [-0.39, 0.29) is 0 Å². The van der Waals surface area contributed by atoms with Gasteiger partial charge in [-0.1, -0.05) is 24.3 Å². The highest BCUT2D eigenvalue weighted by Crippen LogP contribution is 2.27. The molecule has 0 heterocycles. The molecule has 0 spiro atoms. The summed E-state index contributed by atoms with van der Waals surface area (Å²) in [6.07, 6.45) is 0.984. The Morgan fingerprint density at radius 3 is 2.35 bits per heavy atom. The van der Waals surface area contributed by atoms with Gasteiger partial charge in [-0.2, -0.15) is 0 Å². The summed E-state index contributed by atoms with van der Waals surface area (Å²) in [6.45, 7) is 3.84. The normalized spacial score (nSPS) is 11.5. The number of ether oxygens (including phenoxy) is 1.